The topological polar surface area (TPSA) is 44.2 Å². The Balaban J connectivity index is 1.73. The van der Waals surface area contributed by atoms with Gasteiger partial charge in [-0.25, -0.2) is 9.67 Å². The highest BCUT2D eigenvalue weighted by molar-refractivity contribution is 9.10. The third kappa shape index (κ3) is 4.47. The Labute approximate surface area is 220 Å². The molecule has 0 atom stereocenters. The maximum Gasteiger partial charge on any atom is 0.297 e. The summed E-state index contributed by atoms with van der Waals surface area (Å²) in [4.78, 5) is 19.1. The van der Waals surface area contributed by atoms with Crippen molar-refractivity contribution in [3.05, 3.63) is 120 Å². The minimum atomic E-state index is -0.156. The SMILES string of the molecule is Cc1c(N=c2scc(-c3ccccc3Br)n2Cc2ccccc2Cl)c(=O)n(-c2ccccc2)n1C. The smallest absolute Gasteiger partial charge is 0.297 e. The summed E-state index contributed by atoms with van der Waals surface area (Å²) in [6, 6.07) is 25.5. The fourth-order valence-electron chi connectivity index (χ4n) is 4.03. The Morgan fingerprint density at radius 3 is 2.40 bits per heavy atom. The van der Waals surface area contributed by atoms with Crippen LogP contribution < -0.4 is 10.4 Å². The highest BCUT2D eigenvalue weighted by atomic mass is 79.9. The van der Waals surface area contributed by atoms with Crippen molar-refractivity contribution in [3.63, 3.8) is 0 Å². The van der Waals surface area contributed by atoms with Crippen LogP contribution in [-0.2, 0) is 13.6 Å². The molecule has 0 aliphatic rings. The first-order chi connectivity index (χ1) is 17.0. The first-order valence-electron chi connectivity index (χ1n) is 11.0. The van der Waals surface area contributed by atoms with E-state index in [4.69, 9.17) is 16.6 Å². The zero-order valence-electron chi connectivity index (χ0n) is 19.2. The largest absolute Gasteiger partial charge is 0.312 e. The number of thiazole rings is 1. The van der Waals surface area contributed by atoms with Crippen LogP contribution in [0.3, 0.4) is 0 Å². The van der Waals surface area contributed by atoms with Crippen LogP contribution in [-0.4, -0.2) is 13.9 Å². The molecular formula is C27H22BrClN4OS. The first-order valence-corrected chi connectivity index (χ1v) is 13.1. The summed E-state index contributed by atoms with van der Waals surface area (Å²) in [6.07, 6.45) is 0. The van der Waals surface area contributed by atoms with Gasteiger partial charge in [-0.2, -0.15) is 0 Å². The van der Waals surface area contributed by atoms with E-state index in [0.717, 1.165) is 37.5 Å². The second kappa shape index (κ2) is 9.85. The molecule has 0 saturated carbocycles. The molecule has 8 heteroatoms. The number of benzene rings is 3. The number of rotatable bonds is 5. The minimum Gasteiger partial charge on any atom is -0.312 e. The average molecular weight is 566 g/mol. The van der Waals surface area contributed by atoms with Crippen LogP contribution in [0.25, 0.3) is 16.9 Å². The number of nitrogens with zero attached hydrogens (tertiary/aromatic N) is 4. The van der Waals surface area contributed by atoms with Crippen LogP contribution in [0.4, 0.5) is 5.69 Å². The van der Waals surface area contributed by atoms with Crippen LogP contribution in [0, 0.1) is 6.92 Å². The van der Waals surface area contributed by atoms with E-state index in [1.165, 1.54) is 11.3 Å². The second-order valence-corrected chi connectivity index (χ2v) is 10.2. The van der Waals surface area contributed by atoms with E-state index in [9.17, 15) is 4.79 Å². The van der Waals surface area contributed by atoms with Gasteiger partial charge in [-0.1, -0.05) is 82.1 Å². The average Bonchev–Trinajstić information content (AvgIpc) is 3.35. The molecule has 0 fully saturated rings. The van der Waals surface area contributed by atoms with Gasteiger partial charge in [0, 0.05) is 27.5 Å². The van der Waals surface area contributed by atoms with Crippen molar-refractivity contribution in [1.82, 2.24) is 13.9 Å². The van der Waals surface area contributed by atoms with Gasteiger partial charge in [0.1, 0.15) is 0 Å². The Kier molecular flexibility index (Phi) is 6.65. The molecule has 0 unspecified atom stereocenters. The summed E-state index contributed by atoms with van der Waals surface area (Å²) in [7, 11) is 1.88. The zero-order valence-corrected chi connectivity index (χ0v) is 22.3. The molecule has 5 rings (SSSR count). The van der Waals surface area contributed by atoms with Crippen molar-refractivity contribution >= 4 is 44.6 Å². The quantitative estimate of drug-likeness (QED) is 0.234. The van der Waals surface area contributed by atoms with E-state index in [1.807, 2.05) is 91.4 Å². The normalized spacial score (nSPS) is 11.8. The zero-order chi connectivity index (χ0) is 24.5. The molecule has 0 aliphatic carbocycles. The molecule has 2 heterocycles. The number of hydrogen-bond donors (Lipinski definition) is 0. The van der Waals surface area contributed by atoms with Gasteiger partial charge in [0.2, 0.25) is 0 Å². The van der Waals surface area contributed by atoms with E-state index < -0.39 is 0 Å². The van der Waals surface area contributed by atoms with Gasteiger partial charge < -0.3 is 4.57 Å². The molecule has 5 nitrogen and oxygen atoms in total. The lowest BCUT2D eigenvalue weighted by Crippen LogP contribution is -2.20. The predicted molar refractivity (Wildman–Crippen MR) is 147 cm³/mol. The standard InChI is InChI=1S/C27H22BrClN4OS/c1-18-25(26(34)33(31(18)2)20-11-4-3-5-12-20)30-27-32(16-19-10-6-9-15-23(19)29)24(17-35-27)21-13-7-8-14-22(21)28/h3-15,17H,16H2,1-2H3. The molecule has 2 aromatic heterocycles. The van der Waals surface area contributed by atoms with Crippen molar-refractivity contribution in [2.24, 2.45) is 12.0 Å². The van der Waals surface area contributed by atoms with Crippen LogP contribution in [0.2, 0.25) is 5.02 Å². The maximum absolute atomic E-state index is 13.5. The molecule has 0 saturated heterocycles. The van der Waals surface area contributed by atoms with Crippen LogP contribution in [0.5, 0.6) is 0 Å². The monoisotopic (exact) mass is 564 g/mol. The molecule has 0 bridgehead atoms. The van der Waals surface area contributed by atoms with Crippen molar-refractivity contribution < 1.29 is 0 Å². The molecule has 0 N–H and O–H groups in total. The van der Waals surface area contributed by atoms with Gasteiger partial charge in [-0.3, -0.25) is 9.48 Å². The van der Waals surface area contributed by atoms with Gasteiger partial charge in [-0.05, 0) is 36.8 Å². The van der Waals surface area contributed by atoms with Crippen LogP contribution in [0.1, 0.15) is 11.3 Å². The maximum atomic E-state index is 13.5. The summed E-state index contributed by atoms with van der Waals surface area (Å²) in [5, 5.41) is 2.77. The van der Waals surface area contributed by atoms with Crippen LogP contribution in [0.15, 0.2) is 98.5 Å². The van der Waals surface area contributed by atoms with E-state index in [2.05, 4.69) is 31.9 Å². The number of halogens is 2. The molecule has 0 aliphatic heterocycles. The Bertz CT molecular complexity index is 1650. The lowest BCUT2D eigenvalue weighted by molar-refractivity contribution is 0.630. The third-order valence-corrected chi connectivity index (χ3v) is 7.89. The van der Waals surface area contributed by atoms with Gasteiger partial charge in [0.15, 0.2) is 10.5 Å². The molecule has 3 aromatic carbocycles. The Morgan fingerprint density at radius 2 is 1.66 bits per heavy atom. The third-order valence-electron chi connectivity index (χ3n) is 5.97. The molecule has 0 spiro atoms. The summed E-state index contributed by atoms with van der Waals surface area (Å²) in [5.74, 6) is 0. The second-order valence-electron chi connectivity index (χ2n) is 8.08. The Morgan fingerprint density at radius 1 is 0.971 bits per heavy atom. The number of aromatic nitrogens is 3. The highest BCUT2D eigenvalue weighted by Gasteiger charge is 2.18. The van der Waals surface area contributed by atoms with Gasteiger partial charge >= 0.3 is 0 Å². The molecule has 0 amide bonds. The fraction of sp³-hybridized carbons (Fsp3) is 0.111. The van der Waals surface area contributed by atoms with E-state index in [0.29, 0.717) is 17.3 Å². The minimum absolute atomic E-state index is 0.156. The van der Waals surface area contributed by atoms with E-state index in [-0.39, 0.29) is 5.56 Å². The summed E-state index contributed by atoms with van der Waals surface area (Å²) >= 11 is 11.7. The molecular weight excluding hydrogens is 544 g/mol. The van der Waals surface area contributed by atoms with E-state index >= 15 is 0 Å². The molecule has 5 aromatic rings. The highest BCUT2D eigenvalue weighted by Crippen LogP contribution is 2.30. The number of para-hydroxylation sites is 1. The summed E-state index contributed by atoms with van der Waals surface area (Å²) in [5.41, 5.74) is 4.88. The first kappa shape index (κ1) is 23.6. The predicted octanol–water partition coefficient (Wildman–Crippen LogP) is 6.71. The van der Waals surface area contributed by atoms with Gasteiger partial charge in [-0.15, -0.1) is 11.3 Å². The molecule has 0 radical (unpaired) electrons. The Hall–Kier alpha value is -3.13. The van der Waals surface area contributed by atoms with E-state index in [1.54, 1.807) is 4.68 Å². The van der Waals surface area contributed by atoms with Crippen molar-refractivity contribution in [2.75, 3.05) is 0 Å². The lowest BCUT2D eigenvalue weighted by Gasteiger charge is -2.12. The lowest BCUT2D eigenvalue weighted by atomic mass is 10.1. The number of hydrogen-bond acceptors (Lipinski definition) is 3. The van der Waals surface area contributed by atoms with Crippen LogP contribution >= 0.6 is 38.9 Å². The van der Waals surface area contributed by atoms with Gasteiger partial charge in [0.25, 0.3) is 5.56 Å². The summed E-state index contributed by atoms with van der Waals surface area (Å²) in [6.45, 7) is 2.44. The van der Waals surface area contributed by atoms with Gasteiger partial charge in [0.05, 0.1) is 23.6 Å². The fourth-order valence-corrected chi connectivity index (χ4v) is 5.62. The summed E-state index contributed by atoms with van der Waals surface area (Å²) < 4.78 is 6.59. The molecule has 35 heavy (non-hydrogen) atoms. The van der Waals surface area contributed by atoms with Crippen molar-refractivity contribution in [1.29, 1.82) is 0 Å². The van der Waals surface area contributed by atoms with Crippen molar-refractivity contribution in [3.8, 4) is 16.9 Å². The molecule has 176 valence electrons. The van der Waals surface area contributed by atoms with Crippen molar-refractivity contribution in [2.45, 2.75) is 13.5 Å².